The Bertz CT molecular complexity index is 1260. The van der Waals surface area contributed by atoms with Crippen LogP contribution in [-0.4, -0.2) is 38.9 Å². The molecular weight excluding hydrogens is 410 g/mol. The number of benzene rings is 2. The summed E-state index contributed by atoms with van der Waals surface area (Å²) in [5.74, 6) is 3.68. The van der Waals surface area contributed by atoms with Crippen LogP contribution in [0.25, 0.3) is 16.8 Å². The monoisotopic (exact) mass is 439 g/mol. The molecule has 6 rings (SSSR count). The Morgan fingerprint density at radius 2 is 1.88 bits per heavy atom. The predicted octanol–water partition coefficient (Wildman–Crippen LogP) is 4.76. The molecule has 0 bridgehead atoms. The second-order valence-electron chi connectivity index (χ2n) is 9.34. The molecule has 0 amide bonds. The normalized spacial score (nSPS) is 20.4. The molecule has 4 aromatic rings. The fraction of sp³-hybridized carbons (Fsp3) is 0.333. The highest BCUT2D eigenvalue weighted by Gasteiger charge is 2.36. The van der Waals surface area contributed by atoms with Crippen LogP contribution in [0.5, 0.6) is 5.75 Å². The van der Waals surface area contributed by atoms with Gasteiger partial charge in [-0.3, -0.25) is 4.40 Å². The van der Waals surface area contributed by atoms with E-state index in [0.29, 0.717) is 18.3 Å². The van der Waals surface area contributed by atoms with Crippen molar-refractivity contribution in [3.8, 4) is 17.0 Å². The van der Waals surface area contributed by atoms with Gasteiger partial charge in [-0.1, -0.05) is 42.5 Å². The molecule has 2 N–H and O–H groups in total. The van der Waals surface area contributed by atoms with Crippen LogP contribution in [0.2, 0.25) is 0 Å². The van der Waals surface area contributed by atoms with Crippen LogP contribution in [0.4, 0.5) is 5.82 Å². The molecular formula is C27H29N5O. The second-order valence-corrected chi connectivity index (χ2v) is 9.34. The van der Waals surface area contributed by atoms with Crippen LogP contribution >= 0.6 is 0 Å². The Balaban J connectivity index is 1.27. The van der Waals surface area contributed by atoms with E-state index in [2.05, 4.69) is 38.6 Å². The Morgan fingerprint density at radius 3 is 2.67 bits per heavy atom. The van der Waals surface area contributed by atoms with E-state index in [9.17, 15) is 0 Å². The SMILES string of the molecule is Nc1nccn2c1c(-c1cccc(OCc3ccccc3)c1)nc2[C@H]1C[C@@H](CN2CCC2)C1. The van der Waals surface area contributed by atoms with Gasteiger partial charge in [-0.25, -0.2) is 9.97 Å². The van der Waals surface area contributed by atoms with Crippen LogP contribution in [0.1, 0.15) is 36.6 Å². The van der Waals surface area contributed by atoms with E-state index in [1.165, 1.54) is 38.9 Å². The first kappa shape index (κ1) is 20.2. The van der Waals surface area contributed by atoms with Crippen molar-refractivity contribution >= 4 is 11.3 Å². The summed E-state index contributed by atoms with van der Waals surface area (Å²) in [4.78, 5) is 12.1. The second kappa shape index (κ2) is 8.52. The van der Waals surface area contributed by atoms with Gasteiger partial charge in [-0.15, -0.1) is 0 Å². The Kier molecular flexibility index (Phi) is 5.23. The number of fused-ring (bicyclic) bond motifs is 1. The molecule has 2 aromatic carbocycles. The van der Waals surface area contributed by atoms with Crippen LogP contribution in [0, 0.1) is 5.92 Å². The van der Waals surface area contributed by atoms with Crippen LogP contribution in [0.3, 0.4) is 0 Å². The number of ether oxygens (including phenoxy) is 1. The number of nitrogen functional groups attached to an aromatic ring is 1. The van der Waals surface area contributed by atoms with E-state index in [-0.39, 0.29) is 0 Å². The lowest BCUT2D eigenvalue weighted by molar-refractivity contribution is 0.107. The maximum Gasteiger partial charge on any atom is 0.150 e. The molecule has 0 spiro atoms. The van der Waals surface area contributed by atoms with E-state index in [4.69, 9.17) is 15.5 Å². The molecule has 2 aliphatic rings. The quantitative estimate of drug-likeness (QED) is 0.450. The Morgan fingerprint density at radius 1 is 1.03 bits per heavy atom. The lowest BCUT2D eigenvalue weighted by Crippen LogP contribution is -2.43. The van der Waals surface area contributed by atoms with Crippen molar-refractivity contribution in [2.45, 2.75) is 31.8 Å². The third-order valence-corrected chi connectivity index (χ3v) is 7.03. The summed E-state index contributed by atoms with van der Waals surface area (Å²) in [7, 11) is 0. The molecule has 33 heavy (non-hydrogen) atoms. The van der Waals surface area contributed by atoms with Gasteiger partial charge in [0.15, 0.2) is 0 Å². The third-order valence-electron chi connectivity index (χ3n) is 7.03. The number of imidazole rings is 1. The van der Waals surface area contributed by atoms with E-state index in [1.807, 2.05) is 36.5 Å². The van der Waals surface area contributed by atoms with Crippen molar-refractivity contribution < 1.29 is 4.74 Å². The van der Waals surface area contributed by atoms with Crippen LogP contribution in [0.15, 0.2) is 67.0 Å². The van der Waals surface area contributed by atoms with Crippen molar-refractivity contribution in [1.82, 2.24) is 19.3 Å². The summed E-state index contributed by atoms with van der Waals surface area (Å²) in [5.41, 5.74) is 10.3. The number of nitrogens with zero attached hydrogens (tertiary/aromatic N) is 4. The predicted molar refractivity (Wildman–Crippen MR) is 130 cm³/mol. The van der Waals surface area contributed by atoms with Gasteiger partial charge >= 0.3 is 0 Å². The number of likely N-dealkylation sites (tertiary alicyclic amines) is 1. The maximum atomic E-state index is 6.35. The lowest BCUT2D eigenvalue weighted by atomic mass is 9.74. The highest BCUT2D eigenvalue weighted by Crippen LogP contribution is 2.44. The van der Waals surface area contributed by atoms with Crippen molar-refractivity contribution in [3.63, 3.8) is 0 Å². The first-order valence-corrected chi connectivity index (χ1v) is 11.9. The average Bonchev–Trinajstić information content (AvgIpc) is 3.17. The van der Waals surface area contributed by atoms with Crippen LogP contribution in [-0.2, 0) is 6.61 Å². The first-order chi connectivity index (χ1) is 16.2. The average molecular weight is 440 g/mol. The zero-order chi connectivity index (χ0) is 22.2. The van der Waals surface area contributed by atoms with Gasteiger partial charge in [0.05, 0.1) is 0 Å². The Hall–Kier alpha value is -3.38. The van der Waals surface area contributed by atoms with E-state index in [1.54, 1.807) is 6.20 Å². The molecule has 1 aliphatic carbocycles. The van der Waals surface area contributed by atoms with Gasteiger partial charge < -0.3 is 15.4 Å². The molecule has 0 radical (unpaired) electrons. The minimum atomic E-state index is 0.469. The highest BCUT2D eigenvalue weighted by atomic mass is 16.5. The molecule has 6 heteroatoms. The summed E-state index contributed by atoms with van der Waals surface area (Å²) >= 11 is 0. The zero-order valence-electron chi connectivity index (χ0n) is 18.7. The summed E-state index contributed by atoms with van der Waals surface area (Å²) in [6.07, 6.45) is 7.50. The third kappa shape index (κ3) is 3.95. The fourth-order valence-electron chi connectivity index (χ4n) is 5.08. The Labute approximate surface area is 194 Å². The topological polar surface area (TPSA) is 68.7 Å². The molecule has 0 unspecified atom stereocenters. The van der Waals surface area contributed by atoms with E-state index in [0.717, 1.165) is 39.8 Å². The van der Waals surface area contributed by atoms with Crippen molar-refractivity contribution in [1.29, 1.82) is 0 Å². The van der Waals surface area contributed by atoms with Crippen molar-refractivity contribution in [2.75, 3.05) is 25.4 Å². The molecule has 6 nitrogen and oxygen atoms in total. The van der Waals surface area contributed by atoms with Crippen molar-refractivity contribution in [3.05, 3.63) is 78.4 Å². The maximum absolute atomic E-state index is 6.35. The van der Waals surface area contributed by atoms with Gasteiger partial charge in [0, 0.05) is 30.4 Å². The summed E-state index contributed by atoms with van der Waals surface area (Å²) < 4.78 is 8.22. The van der Waals surface area contributed by atoms with E-state index < -0.39 is 0 Å². The molecule has 3 heterocycles. The standard InChI is InChI=1S/C27H29N5O/c28-26-25-24(21-8-4-9-23(16-21)33-18-19-6-2-1-3-7-19)30-27(32(25)13-10-29-26)22-14-20(15-22)17-31-11-5-12-31/h1-4,6-10,13,16,20,22H,5,11-12,14-15,17-18H2,(H2,28,29)/t20-,22+. The number of aromatic nitrogens is 3. The fourth-order valence-corrected chi connectivity index (χ4v) is 5.08. The minimum absolute atomic E-state index is 0.469. The molecule has 1 saturated heterocycles. The first-order valence-electron chi connectivity index (χ1n) is 11.9. The molecule has 1 aliphatic heterocycles. The van der Waals surface area contributed by atoms with Gasteiger partial charge in [0.2, 0.25) is 0 Å². The van der Waals surface area contributed by atoms with Gasteiger partial charge in [0.1, 0.15) is 35.2 Å². The smallest absolute Gasteiger partial charge is 0.150 e. The lowest BCUT2D eigenvalue weighted by Gasteiger charge is -2.41. The molecule has 2 aromatic heterocycles. The van der Waals surface area contributed by atoms with Crippen LogP contribution < -0.4 is 10.5 Å². The number of nitrogens with two attached hydrogens (primary N) is 1. The number of rotatable bonds is 7. The molecule has 2 fully saturated rings. The van der Waals surface area contributed by atoms with Gasteiger partial charge in [0.25, 0.3) is 0 Å². The van der Waals surface area contributed by atoms with Crippen molar-refractivity contribution in [2.24, 2.45) is 5.92 Å². The highest BCUT2D eigenvalue weighted by molar-refractivity contribution is 5.85. The summed E-state index contributed by atoms with van der Waals surface area (Å²) in [6, 6.07) is 18.3. The van der Waals surface area contributed by atoms with Gasteiger partial charge in [-0.2, -0.15) is 0 Å². The zero-order valence-corrected chi connectivity index (χ0v) is 18.7. The molecule has 0 atom stereocenters. The minimum Gasteiger partial charge on any atom is -0.489 e. The van der Waals surface area contributed by atoms with E-state index >= 15 is 0 Å². The number of hydrogen-bond acceptors (Lipinski definition) is 5. The van der Waals surface area contributed by atoms with Gasteiger partial charge in [-0.05, 0) is 56.0 Å². The molecule has 168 valence electrons. The summed E-state index contributed by atoms with van der Waals surface area (Å²) in [6.45, 7) is 4.30. The molecule has 1 saturated carbocycles. The largest absolute Gasteiger partial charge is 0.489 e. The number of hydrogen-bond donors (Lipinski definition) is 1. The summed E-state index contributed by atoms with van der Waals surface area (Å²) in [5, 5.41) is 0. The number of anilines is 1.